The number of esters is 3. The molecule has 11 heteroatoms. The number of aliphatic hydroxyl groups excluding tert-OH is 1. The van der Waals surface area contributed by atoms with Gasteiger partial charge in [-0.3, -0.25) is 14.4 Å². The van der Waals surface area contributed by atoms with Crippen LogP contribution in [0.5, 0.6) is 0 Å². The van der Waals surface area contributed by atoms with Crippen molar-refractivity contribution >= 4 is 30.2 Å². The number of rotatable bonds is 5. The minimum absolute atomic E-state index is 0.622. The van der Waals surface area contributed by atoms with E-state index in [4.69, 9.17) is 23.7 Å². The van der Waals surface area contributed by atoms with E-state index in [1.54, 1.807) is 20.8 Å². The normalized spacial score (nSPS) is 27.2. The minimum atomic E-state index is -1.37. The van der Waals surface area contributed by atoms with Crippen molar-refractivity contribution in [3.63, 3.8) is 0 Å². The Hall–Kier alpha value is -2.53. The molecule has 0 radical (unpaired) electrons. The lowest BCUT2D eigenvalue weighted by atomic mass is 9.91. The molecule has 0 aromatic rings. The topological polar surface area (TPSA) is 147 Å². The van der Waals surface area contributed by atoms with Crippen molar-refractivity contribution in [2.75, 3.05) is 6.61 Å². The van der Waals surface area contributed by atoms with Crippen LogP contribution in [0.3, 0.4) is 0 Å². The molecular formula is C18H27NO10. The Labute approximate surface area is 168 Å². The number of hydrogen-bond donors (Lipinski definition) is 1. The van der Waals surface area contributed by atoms with Crippen LogP contribution in [0, 0.1) is 5.92 Å². The van der Waals surface area contributed by atoms with Crippen LogP contribution >= 0.6 is 0 Å². The molecule has 1 unspecified atom stereocenters. The first-order chi connectivity index (χ1) is 13.3. The van der Waals surface area contributed by atoms with Crippen LogP contribution in [0.15, 0.2) is 4.99 Å². The van der Waals surface area contributed by atoms with E-state index in [0.717, 1.165) is 27.0 Å². The van der Waals surface area contributed by atoms with Crippen molar-refractivity contribution in [1.82, 2.24) is 0 Å². The first-order valence-electron chi connectivity index (χ1n) is 8.89. The summed E-state index contributed by atoms with van der Waals surface area (Å²) in [6.07, 6.45) is -4.90. The van der Waals surface area contributed by atoms with Crippen molar-refractivity contribution in [3.8, 4) is 0 Å². The van der Waals surface area contributed by atoms with Gasteiger partial charge in [-0.2, -0.15) is 4.99 Å². The Kier molecular flexibility index (Phi) is 8.71. The summed E-state index contributed by atoms with van der Waals surface area (Å²) in [7, 11) is 0. The predicted molar refractivity (Wildman–Crippen MR) is 96.8 cm³/mol. The lowest BCUT2D eigenvalue weighted by Gasteiger charge is -2.42. The predicted octanol–water partition coefficient (Wildman–Crippen LogP) is 0.752. The van der Waals surface area contributed by atoms with Crippen molar-refractivity contribution in [1.29, 1.82) is 0 Å². The average Bonchev–Trinajstić information content (AvgIpc) is 2.53. The molecule has 1 N–H and O–H groups in total. The van der Waals surface area contributed by atoms with Crippen molar-refractivity contribution in [3.05, 3.63) is 0 Å². The molecule has 1 saturated heterocycles. The quantitative estimate of drug-likeness (QED) is 0.386. The molecule has 11 nitrogen and oxygen atoms in total. The number of aliphatic hydroxyl groups is 1. The molecule has 0 aromatic heterocycles. The van der Waals surface area contributed by atoms with Crippen molar-refractivity contribution in [2.24, 2.45) is 10.9 Å². The molecule has 0 aliphatic carbocycles. The fraction of sp³-hybridized carbons (Fsp3) is 0.722. The monoisotopic (exact) mass is 417 g/mol. The summed E-state index contributed by atoms with van der Waals surface area (Å²) in [5.41, 5.74) is -0.801. The van der Waals surface area contributed by atoms with Gasteiger partial charge in [0, 0.05) is 27.0 Å². The van der Waals surface area contributed by atoms with Gasteiger partial charge >= 0.3 is 24.0 Å². The van der Waals surface area contributed by atoms with E-state index in [2.05, 4.69) is 4.99 Å². The van der Waals surface area contributed by atoms with Crippen LogP contribution in [0.4, 0.5) is 4.79 Å². The highest BCUT2D eigenvalue weighted by atomic mass is 16.7. The number of hydrogen-bond acceptors (Lipinski definition) is 10. The SMILES string of the molecule is CC(=O)O[C@H]1O[C@H](CO)[C@@H](OC(C)=O)[C@H](OC(C)=O)C1/C=N/C(=O)OC(C)(C)C. The Morgan fingerprint density at radius 3 is 1.93 bits per heavy atom. The van der Waals surface area contributed by atoms with Gasteiger partial charge in [0.05, 0.1) is 12.5 Å². The Bertz CT molecular complexity index is 654. The van der Waals surface area contributed by atoms with E-state index in [1.165, 1.54) is 0 Å². The summed E-state index contributed by atoms with van der Waals surface area (Å²) in [5.74, 6) is -3.30. The molecule has 0 spiro atoms. The van der Waals surface area contributed by atoms with Crippen molar-refractivity contribution < 1.29 is 48.0 Å². The van der Waals surface area contributed by atoms with Crippen LogP contribution in [-0.2, 0) is 38.1 Å². The maximum absolute atomic E-state index is 11.9. The second kappa shape index (κ2) is 10.3. The van der Waals surface area contributed by atoms with E-state index in [1.807, 2.05) is 0 Å². The summed E-state index contributed by atoms with van der Waals surface area (Å²) < 4.78 is 26.1. The zero-order valence-electron chi connectivity index (χ0n) is 17.2. The van der Waals surface area contributed by atoms with Gasteiger partial charge in [0.25, 0.3) is 0 Å². The zero-order chi connectivity index (χ0) is 22.4. The van der Waals surface area contributed by atoms with Gasteiger partial charge in [-0.25, -0.2) is 4.79 Å². The molecule has 1 aliphatic rings. The molecule has 164 valence electrons. The first kappa shape index (κ1) is 24.5. The number of amides is 1. The third kappa shape index (κ3) is 8.16. The first-order valence-corrected chi connectivity index (χ1v) is 8.89. The van der Waals surface area contributed by atoms with Crippen LogP contribution in [-0.4, -0.2) is 72.1 Å². The fourth-order valence-electron chi connectivity index (χ4n) is 2.60. The highest BCUT2D eigenvalue weighted by Crippen LogP contribution is 2.31. The van der Waals surface area contributed by atoms with Crippen molar-refractivity contribution in [2.45, 2.75) is 71.7 Å². The summed E-state index contributed by atoms with van der Waals surface area (Å²) in [4.78, 5) is 50.2. The van der Waals surface area contributed by atoms with E-state index < -0.39 is 66.7 Å². The zero-order valence-corrected chi connectivity index (χ0v) is 17.2. The third-order valence-corrected chi connectivity index (χ3v) is 3.50. The van der Waals surface area contributed by atoms with Gasteiger partial charge in [-0.05, 0) is 20.8 Å². The molecule has 1 heterocycles. The maximum Gasteiger partial charge on any atom is 0.433 e. The maximum atomic E-state index is 11.9. The minimum Gasteiger partial charge on any atom is -0.458 e. The molecular weight excluding hydrogens is 390 g/mol. The average molecular weight is 417 g/mol. The standard InChI is InChI=1S/C18H27NO10/c1-9(21)25-14-12(7-19-17(24)29-18(4,5)6)16(27-11(3)23)28-13(8-20)15(14)26-10(2)22/h7,12-16,20H,8H2,1-6H3/b19-7+/t12?,13-,14-,15-,16+/m1/s1. The third-order valence-electron chi connectivity index (χ3n) is 3.50. The van der Waals surface area contributed by atoms with Crippen LogP contribution in [0.2, 0.25) is 0 Å². The van der Waals surface area contributed by atoms with E-state index in [0.29, 0.717) is 0 Å². The number of aliphatic imine (C=N–C) groups is 1. The van der Waals surface area contributed by atoms with E-state index >= 15 is 0 Å². The van der Waals surface area contributed by atoms with E-state index in [9.17, 15) is 24.3 Å². The highest BCUT2D eigenvalue weighted by molar-refractivity contribution is 5.81. The highest BCUT2D eigenvalue weighted by Gasteiger charge is 2.50. The molecule has 1 amide bonds. The largest absolute Gasteiger partial charge is 0.458 e. The van der Waals surface area contributed by atoms with Gasteiger partial charge in [0.1, 0.15) is 11.7 Å². The summed E-state index contributed by atoms with van der Waals surface area (Å²) in [6, 6.07) is 0. The summed E-state index contributed by atoms with van der Waals surface area (Å²) >= 11 is 0. The van der Waals surface area contributed by atoms with Gasteiger partial charge in [0.2, 0.25) is 6.29 Å². The van der Waals surface area contributed by atoms with Crippen LogP contribution < -0.4 is 0 Å². The van der Waals surface area contributed by atoms with Crippen LogP contribution in [0.25, 0.3) is 0 Å². The molecule has 1 fully saturated rings. The lowest BCUT2D eigenvalue weighted by Crippen LogP contribution is -2.59. The fourth-order valence-corrected chi connectivity index (χ4v) is 2.60. The van der Waals surface area contributed by atoms with Gasteiger partial charge < -0.3 is 28.8 Å². The van der Waals surface area contributed by atoms with Gasteiger partial charge in [-0.15, -0.1) is 0 Å². The molecule has 5 atom stereocenters. The van der Waals surface area contributed by atoms with Gasteiger partial charge in [-0.1, -0.05) is 0 Å². The molecule has 1 aliphatic heterocycles. The Balaban J connectivity index is 3.29. The Morgan fingerprint density at radius 1 is 0.966 bits per heavy atom. The summed E-state index contributed by atoms with van der Waals surface area (Å²) in [5, 5.41) is 9.61. The molecule has 0 bridgehead atoms. The molecule has 1 rings (SSSR count). The molecule has 29 heavy (non-hydrogen) atoms. The van der Waals surface area contributed by atoms with Gasteiger partial charge in [0.15, 0.2) is 12.2 Å². The molecule has 0 saturated carbocycles. The lowest BCUT2D eigenvalue weighted by molar-refractivity contribution is -0.270. The van der Waals surface area contributed by atoms with Crippen LogP contribution in [0.1, 0.15) is 41.5 Å². The van der Waals surface area contributed by atoms with E-state index in [-0.39, 0.29) is 0 Å². The Morgan fingerprint density at radius 2 is 1.48 bits per heavy atom. The number of carbonyl (C=O) groups is 4. The molecule has 0 aromatic carbocycles. The second-order valence-corrected chi connectivity index (χ2v) is 7.32. The number of ether oxygens (including phenoxy) is 5. The second-order valence-electron chi connectivity index (χ2n) is 7.32. The summed E-state index contributed by atoms with van der Waals surface area (Å²) in [6.45, 7) is 7.70. The number of carbonyl (C=O) groups excluding carboxylic acids is 4. The smallest absolute Gasteiger partial charge is 0.433 e. The number of nitrogens with zero attached hydrogens (tertiary/aromatic N) is 1.